The Morgan fingerprint density at radius 3 is 2.90 bits per heavy atom. The molecule has 3 N–H and O–H groups in total. The summed E-state index contributed by atoms with van der Waals surface area (Å²) in [5, 5.41) is 11.9. The molecule has 20 heavy (non-hydrogen) atoms. The quantitative estimate of drug-likeness (QED) is 0.671. The number of aromatic amines is 2. The van der Waals surface area contributed by atoms with E-state index >= 15 is 0 Å². The predicted octanol–water partition coefficient (Wildman–Crippen LogP) is 1.73. The van der Waals surface area contributed by atoms with Crippen molar-refractivity contribution >= 4 is 16.9 Å². The van der Waals surface area contributed by atoms with Crippen LogP contribution in [0.1, 0.15) is 11.3 Å². The number of hydrogen-bond acceptors (Lipinski definition) is 4. The Morgan fingerprint density at radius 2 is 2.05 bits per heavy atom. The Morgan fingerprint density at radius 1 is 1.20 bits per heavy atom. The first kappa shape index (κ1) is 12.0. The number of pyridine rings is 1. The molecular formula is C14H11N5O. The molecular weight excluding hydrogens is 254 g/mol. The third-order valence-electron chi connectivity index (χ3n) is 2.92. The van der Waals surface area contributed by atoms with E-state index in [0.29, 0.717) is 18.1 Å². The summed E-state index contributed by atoms with van der Waals surface area (Å²) in [6, 6.07) is 12.9. The average Bonchev–Trinajstić information content (AvgIpc) is 2.84. The van der Waals surface area contributed by atoms with Gasteiger partial charge in [0.2, 0.25) is 0 Å². The third-order valence-corrected chi connectivity index (χ3v) is 2.92. The fourth-order valence-electron chi connectivity index (χ4n) is 1.98. The van der Waals surface area contributed by atoms with Crippen molar-refractivity contribution in [1.29, 1.82) is 5.26 Å². The number of hydrogen-bond donors (Lipinski definition) is 3. The highest BCUT2D eigenvalue weighted by Gasteiger charge is 2.01. The van der Waals surface area contributed by atoms with Gasteiger partial charge in [-0.15, -0.1) is 0 Å². The van der Waals surface area contributed by atoms with Crippen LogP contribution in [0.25, 0.3) is 11.0 Å². The molecule has 2 heterocycles. The Hall–Kier alpha value is -3.07. The van der Waals surface area contributed by atoms with Crippen LogP contribution in [0.5, 0.6) is 0 Å². The monoisotopic (exact) mass is 265 g/mol. The smallest absolute Gasteiger partial charge is 0.323 e. The van der Waals surface area contributed by atoms with E-state index in [4.69, 9.17) is 5.26 Å². The van der Waals surface area contributed by atoms with Gasteiger partial charge in [0, 0.05) is 6.54 Å². The first-order chi connectivity index (χ1) is 9.74. The van der Waals surface area contributed by atoms with E-state index in [1.54, 1.807) is 18.2 Å². The highest BCUT2D eigenvalue weighted by atomic mass is 16.1. The summed E-state index contributed by atoms with van der Waals surface area (Å²) in [6.45, 7) is 0.561. The summed E-state index contributed by atoms with van der Waals surface area (Å²) in [7, 11) is 0. The van der Waals surface area contributed by atoms with Crippen molar-refractivity contribution in [1.82, 2.24) is 15.0 Å². The molecule has 0 bridgehead atoms. The maximum absolute atomic E-state index is 11.2. The molecule has 6 heteroatoms. The van der Waals surface area contributed by atoms with Gasteiger partial charge in [-0.05, 0) is 29.8 Å². The molecule has 6 nitrogen and oxygen atoms in total. The fraction of sp³-hybridized carbons (Fsp3) is 0.0714. The normalized spacial score (nSPS) is 10.3. The van der Waals surface area contributed by atoms with Gasteiger partial charge in [-0.3, -0.25) is 0 Å². The van der Waals surface area contributed by atoms with Gasteiger partial charge in [-0.25, -0.2) is 9.78 Å². The zero-order valence-electron chi connectivity index (χ0n) is 10.5. The van der Waals surface area contributed by atoms with Crippen molar-refractivity contribution in [2.45, 2.75) is 6.54 Å². The van der Waals surface area contributed by atoms with E-state index in [-0.39, 0.29) is 5.69 Å². The van der Waals surface area contributed by atoms with Gasteiger partial charge >= 0.3 is 5.69 Å². The number of anilines is 1. The van der Waals surface area contributed by atoms with Crippen molar-refractivity contribution in [3.05, 3.63) is 58.1 Å². The zero-order valence-corrected chi connectivity index (χ0v) is 10.5. The molecule has 0 aliphatic carbocycles. The largest absolute Gasteiger partial charge is 0.366 e. The number of imidazole rings is 1. The molecule has 3 aromatic rings. The first-order valence-corrected chi connectivity index (χ1v) is 6.06. The lowest BCUT2D eigenvalue weighted by Crippen LogP contribution is -2.01. The molecule has 3 rings (SSSR count). The van der Waals surface area contributed by atoms with Crippen molar-refractivity contribution in [3.63, 3.8) is 0 Å². The second kappa shape index (κ2) is 4.90. The minimum absolute atomic E-state index is 0.214. The van der Waals surface area contributed by atoms with Crippen LogP contribution in [0, 0.1) is 11.3 Å². The summed E-state index contributed by atoms with van der Waals surface area (Å²) in [5.41, 5.74) is 2.72. The highest BCUT2D eigenvalue weighted by Crippen LogP contribution is 2.12. The number of fused-ring (bicyclic) bond motifs is 1. The number of nitrogens with zero attached hydrogens (tertiary/aromatic N) is 2. The lowest BCUT2D eigenvalue weighted by atomic mass is 10.2. The van der Waals surface area contributed by atoms with Crippen LogP contribution >= 0.6 is 0 Å². The maximum atomic E-state index is 11.2. The summed E-state index contributed by atoms with van der Waals surface area (Å²) < 4.78 is 0. The highest BCUT2D eigenvalue weighted by molar-refractivity contribution is 5.75. The fourth-order valence-corrected chi connectivity index (χ4v) is 1.98. The van der Waals surface area contributed by atoms with E-state index in [9.17, 15) is 4.79 Å². The molecule has 1 aromatic carbocycles. The molecule has 2 aromatic heterocycles. The molecule has 0 fully saturated rings. The Labute approximate surface area is 114 Å². The number of nitriles is 1. The minimum Gasteiger partial charge on any atom is -0.366 e. The van der Waals surface area contributed by atoms with E-state index in [2.05, 4.69) is 20.3 Å². The van der Waals surface area contributed by atoms with Gasteiger partial charge in [-0.2, -0.15) is 5.26 Å². The molecule has 0 saturated carbocycles. The third kappa shape index (κ3) is 2.37. The van der Waals surface area contributed by atoms with Crippen molar-refractivity contribution in [3.8, 4) is 6.07 Å². The molecule has 0 aliphatic heterocycles. The number of H-pyrrole nitrogens is 2. The molecule has 0 aliphatic rings. The predicted molar refractivity (Wildman–Crippen MR) is 75.2 cm³/mol. The van der Waals surface area contributed by atoms with Gasteiger partial charge < -0.3 is 15.3 Å². The number of nitrogens with one attached hydrogen (secondary N) is 3. The minimum atomic E-state index is -0.214. The van der Waals surface area contributed by atoms with Crippen LogP contribution in [0.15, 0.2) is 41.2 Å². The van der Waals surface area contributed by atoms with Crippen LogP contribution in [0.4, 0.5) is 5.82 Å². The molecule has 0 radical (unpaired) electrons. The second-order valence-corrected chi connectivity index (χ2v) is 4.33. The van der Waals surface area contributed by atoms with E-state index in [1.807, 2.05) is 24.3 Å². The van der Waals surface area contributed by atoms with Gasteiger partial charge in [0.25, 0.3) is 0 Å². The number of aromatic nitrogens is 3. The van der Waals surface area contributed by atoms with E-state index < -0.39 is 0 Å². The number of benzene rings is 1. The van der Waals surface area contributed by atoms with Crippen molar-refractivity contribution in [2.24, 2.45) is 0 Å². The van der Waals surface area contributed by atoms with Crippen LogP contribution in [-0.2, 0) is 6.54 Å². The Bertz CT molecular complexity index is 856. The molecule has 0 unspecified atom stereocenters. The van der Waals surface area contributed by atoms with E-state index in [1.165, 1.54) is 0 Å². The summed E-state index contributed by atoms with van der Waals surface area (Å²) >= 11 is 0. The van der Waals surface area contributed by atoms with E-state index in [0.717, 1.165) is 16.6 Å². The van der Waals surface area contributed by atoms with Gasteiger partial charge in [0.1, 0.15) is 17.6 Å². The second-order valence-electron chi connectivity index (χ2n) is 4.33. The summed E-state index contributed by atoms with van der Waals surface area (Å²) in [6.07, 6.45) is 0. The van der Waals surface area contributed by atoms with Crippen LogP contribution < -0.4 is 11.0 Å². The standard InChI is InChI=1S/C14H11N5O/c15-7-10-2-1-3-13(17-10)16-8-9-4-5-11-12(6-9)19-14(20)18-11/h1-6H,8H2,(H,16,17)(H2,18,19,20). The first-order valence-electron chi connectivity index (χ1n) is 6.06. The Balaban J connectivity index is 1.79. The topological polar surface area (TPSA) is 97.4 Å². The van der Waals surface area contributed by atoms with Gasteiger partial charge in [-0.1, -0.05) is 12.1 Å². The molecule has 0 spiro atoms. The van der Waals surface area contributed by atoms with Crippen LogP contribution in [-0.4, -0.2) is 15.0 Å². The lowest BCUT2D eigenvalue weighted by molar-refractivity contribution is 1.11. The van der Waals surface area contributed by atoms with Crippen LogP contribution in [0.3, 0.4) is 0 Å². The lowest BCUT2D eigenvalue weighted by Gasteiger charge is -2.05. The number of rotatable bonds is 3. The van der Waals surface area contributed by atoms with Crippen LogP contribution in [0.2, 0.25) is 0 Å². The van der Waals surface area contributed by atoms with Gasteiger partial charge in [0.05, 0.1) is 11.0 Å². The molecule has 0 saturated heterocycles. The average molecular weight is 265 g/mol. The SMILES string of the molecule is N#Cc1cccc(NCc2ccc3[nH]c(=O)[nH]c3c2)n1. The van der Waals surface area contributed by atoms with Gasteiger partial charge in [0.15, 0.2) is 0 Å². The molecule has 0 amide bonds. The maximum Gasteiger partial charge on any atom is 0.323 e. The zero-order chi connectivity index (χ0) is 13.9. The summed E-state index contributed by atoms with van der Waals surface area (Å²) in [5.74, 6) is 0.645. The molecule has 98 valence electrons. The molecule has 0 atom stereocenters. The van der Waals surface area contributed by atoms with Crippen molar-refractivity contribution in [2.75, 3.05) is 5.32 Å². The summed E-state index contributed by atoms with van der Waals surface area (Å²) in [4.78, 5) is 20.7. The Kier molecular flexibility index (Phi) is 2.94. The van der Waals surface area contributed by atoms with Crippen molar-refractivity contribution < 1.29 is 0 Å².